The van der Waals surface area contributed by atoms with Gasteiger partial charge in [0.05, 0.1) is 12.7 Å². The summed E-state index contributed by atoms with van der Waals surface area (Å²) in [6, 6.07) is 10.8. The molecule has 0 aliphatic carbocycles. The van der Waals surface area contributed by atoms with Crippen molar-refractivity contribution < 1.29 is 19.5 Å². The number of aliphatic carboxylic acids is 1. The Morgan fingerprint density at radius 3 is 2.55 bits per heavy atom. The Labute approximate surface area is 221 Å². The number of carbonyl (C=O) groups excluding carboxylic acids is 2. The number of aromatic nitrogens is 3. The highest BCUT2D eigenvalue weighted by molar-refractivity contribution is 6.00. The number of carboxylic acid groups (broad SMARTS) is 1. The minimum Gasteiger partial charge on any atom is -0.481 e. The molecule has 0 radical (unpaired) electrons. The van der Waals surface area contributed by atoms with Crippen molar-refractivity contribution >= 4 is 34.4 Å². The number of aryl methyl sites for hydroxylation is 3. The molecule has 0 spiro atoms. The summed E-state index contributed by atoms with van der Waals surface area (Å²) in [5.41, 5.74) is 5.99. The number of fused-ring (bicyclic) bond motifs is 1. The Bertz CT molecular complexity index is 1500. The molecule has 0 saturated carbocycles. The van der Waals surface area contributed by atoms with Crippen molar-refractivity contribution in [3.8, 4) is 0 Å². The van der Waals surface area contributed by atoms with Crippen molar-refractivity contribution in [2.75, 3.05) is 12.4 Å². The zero-order valence-electron chi connectivity index (χ0n) is 22.1. The van der Waals surface area contributed by atoms with Crippen LogP contribution in [-0.2, 0) is 22.6 Å². The second kappa shape index (κ2) is 11.3. The zero-order valence-corrected chi connectivity index (χ0v) is 22.1. The standard InChI is InChI=1S/C29H33N5O4/c1-18-14-31-33(15-18)17-21-8-9-22(6-5-7-27(35)36)25(12-21)32-28(37)20(3)34-16-19(2)24-13-23(29(38)30-4)10-11-26(24)34/h8-16,20H,5-7,17H2,1-4H3,(H,30,38)(H,32,37)(H,35,36)/t20-/m0/s1. The van der Waals surface area contributed by atoms with E-state index in [1.54, 1.807) is 19.3 Å². The molecule has 0 bridgehead atoms. The summed E-state index contributed by atoms with van der Waals surface area (Å²) in [6.07, 6.45) is 6.74. The fraction of sp³-hybridized carbons (Fsp3) is 0.310. The third-order valence-electron chi connectivity index (χ3n) is 6.69. The van der Waals surface area contributed by atoms with E-state index < -0.39 is 12.0 Å². The summed E-state index contributed by atoms with van der Waals surface area (Å²) in [7, 11) is 1.60. The van der Waals surface area contributed by atoms with Gasteiger partial charge in [-0.2, -0.15) is 5.10 Å². The molecule has 4 rings (SSSR count). The average molecular weight is 516 g/mol. The number of nitrogens with zero attached hydrogens (tertiary/aromatic N) is 3. The lowest BCUT2D eigenvalue weighted by atomic mass is 10.0. The van der Waals surface area contributed by atoms with Crippen LogP contribution in [0.2, 0.25) is 0 Å². The van der Waals surface area contributed by atoms with Crippen LogP contribution in [0.4, 0.5) is 5.69 Å². The smallest absolute Gasteiger partial charge is 0.303 e. The van der Waals surface area contributed by atoms with Gasteiger partial charge in [0.15, 0.2) is 0 Å². The van der Waals surface area contributed by atoms with Crippen LogP contribution in [0.3, 0.4) is 0 Å². The fourth-order valence-electron chi connectivity index (χ4n) is 4.62. The number of carbonyl (C=O) groups is 3. The monoisotopic (exact) mass is 515 g/mol. The van der Waals surface area contributed by atoms with Crippen LogP contribution in [-0.4, -0.2) is 44.3 Å². The van der Waals surface area contributed by atoms with E-state index in [1.807, 2.05) is 72.7 Å². The minimum atomic E-state index is -0.843. The Hall–Kier alpha value is -4.40. The normalized spacial score (nSPS) is 11.9. The highest BCUT2D eigenvalue weighted by Gasteiger charge is 2.20. The highest BCUT2D eigenvalue weighted by atomic mass is 16.4. The van der Waals surface area contributed by atoms with Gasteiger partial charge in [0.2, 0.25) is 5.91 Å². The van der Waals surface area contributed by atoms with E-state index in [0.29, 0.717) is 30.6 Å². The minimum absolute atomic E-state index is 0.0603. The van der Waals surface area contributed by atoms with Crippen LogP contribution < -0.4 is 10.6 Å². The van der Waals surface area contributed by atoms with E-state index in [0.717, 1.165) is 33.2 Å². The molecule has 38 heavy (non-hydrogen) atoms. The molecule has 0 aliphatic rings. The van der Waals surface area contributed by atoms with Crippen LogP contribution in [0, 0.1) is 13.8 Å². The maximum absolute atomic E-state index is 13.5. The second-order valence-electron chi connectivity index (χ2n) is 9.65. The maximum atomic E-state index is 13.5. The number of hydrogen-bond donors (Lipinski definition) is 3. The number of nitrogens with one attached hydrogen (secondary N) is 2. The molecule has 9 nitrogen and oxygen atoms in total. The van der Waals surface area contributed by atoms with E-state index in [2.05, 4.69) is 15.7 Å². The lowest BCUT2D eigenvalue weighted by Gasteiger charge is -2.18. The number of amides is 2. The number of rotatable bonds is 10. The highest BCUT2D eigenvalue weighted by Crippen LogP contribution is 2.27. The van der Waals surface area contributed by atoms with Crippen molar-refractivity contribution in [1.82, 2.24) is 19.7 Å². The second-order valence-corrected chi connectivity index (χ2v) is 9.65. The Kier molecular flexibility index (Phi) is 7.95. The molecule has 3 N–H and O–H groups in total. The van der Waals surface area contributed by atoms with E-state index in [-0.39, 0.29) is 18.2 Å². The van der Waals surface area contributed by atoms with Crippen LogP contribution in [0.5, 0.6) is 0 Å². The average Bonchev–Trinajstić information content (AvgIpc) is 3.45. The molecule has 4 aromatic rings. The molecule has 2 aromatic heterocycles. The van der Waals surface area contributed by atoms with E-state index in [1.165, 1.54) is 0 Å². The number of benzene rings is 2. The number of carboxylic acids is 1. The van der Waals surface area contributed by atoms with E-state index in [9.17, 15) is 14.4 Å². The first-order chi connectivity index (χ1) is 18.2. The molecule has 0 aliphatic heterocycles. The zero-order chi connectivity index (χ0) is 27.4. The van der Waals surface area contributed by atoms with Gasteiger partial charge in [0, 0.05) is 48.0 Å². The molecule has 198 valence electrons. The van der Waals surface area contributed by atoms with E-state index in [4.69, 9.17) is 5.11 Å². The van der Waals surface area contributed by atoms with Gasteiger partial charge in [-0.15, -0.1) is 0 Å². The van der Waals surface area contributed by atoms with Gasteiger partial charge in [-0.1, -0.05) is 12.1 Å². The Morgan fingerprint density at radius 2 is 1.87 bits per heavy atom. The quantitative estimate of drug-likeness (QED) is 0.288. The fourth-order valence-corrected chi connectivity index (χ4v) is 4.62. The summed E-state index contributed by atoms with van der Waals surface area (Å²) in [5, 5.41) is 20.1. The third kappa shape index (κ3) is 5.94. The van der Waals surface area contributed by atoms with Gasteiger partial charge in [-0.05, 0) is 80.1 Å². The third-order valence-corrected chi connectivity index (χ3v) is 6.69. The molecule has 0 fully saturated rings. The first kappa shape index (κ1) is 26.7. The predicted octanol–water partition coefficient (Wildman–Crippen LogP) is 4.47. The van der Waals surface area contributed by atoms with Gasteiger partial charge in [-0.25, -0.2) is 0 Å². The largest absolute Gasteiger partial charge is 0.481 e. The van der Waals surface area contributed by atoms with Gasteiger partial charge in [-0.3, -0.25) is 19.1 Å². The van der Waals surface area contributed by atoms with Gasteiger partial charge in [0.1, 0.15) is 6.04 Å². The molecule has 0 saturated heterocycles. The van der Waals surface area contributed by atoms with Crippen LogP contribution >= 0.6 is 0 Å². The Morgan fingerprint density at radius 1 is 1.08 bits per heavy atom. The summed E-state index contributed by atoms with van der Waals surface area (Å²) in [6.45, 7) is 6.32. The maximum Gasteiger partial charge on any atom is 0.303 e. The van der Waals surface area contributed by atoms with Crippen LogP contribution in [0.15, 0.2) is 55.0 Å². The van der Waals surface area contributed by atoms with Gasteiger partial charge < -0.3 is 20.3 Å². The van der Waals surface area contributed by atoms with Crippen molar-refractivity contribution in [3.05, 3.63) is 82.8 Å². The SMILES string of the molecule is CNC(=O)c1ccc2c(c1)c(C)cn2[C@@H](C)C(=O)Nc1cc(Cn2cc(C)cn2)ccc1CCCC(=O)O. The van der Waals surface area contributed by atoms with Crippen molar-refractivity contribution in [1.29, 1.82) is 0 Å². The van der Waals surface area contributed by atoms with Crippen molar-refractivity contribution in [3.63, 3.8) is 0 Å². The lowest BCUT2D eigenvalue weighted by molar-refractivity contribution is -0.137. The lowest BCUT2D eigenvalue weighted by Crippen LogP contribution is -2.24. The van der Waals surface area contributed by atoms with E-state index >= 15 is 0 Å². The molecular weight excluding hydrogens is 482 g/mol. The molecule has 0 unspecified atom stereocenters. The predicted molar refractivity (Wildman–Crippen MR) is 146 cm³/mol. The van der Waals surface area contributed by atoms with Gasteiger partial charge >= 0.3 is 5.97 Å². The van der Waals surface area contributed by atoms with Gasteiger partial charge in [0.25, 0.3) is 5.91 Å². The van der Waals surface area contributed by atoms with Crippen molar-refractivity contribution in [2.24, 2.45) is 0 Å². The number of anilines is 1. The summed E-state index contributed by atoms with van der Waals surface area (Å²) in [5.74, 6) is -1.20. The summed E-state index contributed by atoms with van der Waals surface area (Å²) >= 11 is 0. The molecule has 2 amide bonds. The summed E-state index contributed by atoms with van der Waals surface area (Å²) in [4.78, 5) is 36.6. The molecule has 2 aromatic carbocycles. The van der Waals surface area contributed by atoms with Crippen molar-refractivity contribution in [2.45, 2.75) is 52.6 Å². The first-order valence-corrected chi connectivity index (χ1v) is 12.6. The number of hydrogen-bond acceptors (Lipinski definition) is 4. The Balaban J connectivity index is 1.60. The van der Waals surface area contributed by atoms with Crippen LogP contribution in [0.25, 0.3) is 10.9 Å². The first-order valence-electron chi connectivity index (χ1n) is 12.6. The molecular formula is C29H33N5O4. The topological polar surface area (TPSA) is 118 Å². The van der Waals surface area contributed by atoms with Crippen LogP contribution in [0.1, 0.15) is 58.4 Å². The molecule has 9 heteroatoms. The molecule has 1 atom stereocenters. The molecule has 2 heterocycles. The summed E-state index contributed by atoms with van der Waals surface area (Å²) < 4.78 is 3.75.